The number of anilines is 2. The minimum Gasteiger partial charge on any atom is -0.508 e. The molecule has 154 valence electrons. The molecule has 29 heavy (non-hydrogen) atoms. The quantitative estimate of drug-likeness (QED) is 0.330. The van der Waals surface area contributed by atoms with E-state index in [0.717, 1.165) is 0 Å². The Hall–Kier alpha value is -2.91. The number of hydrogen-bond donors (Lipinski definition) is 3. The van der Waals surface area contributed by atoms with Crippen LogP contribution in [0.3, 0.4) is 0 Å². The first kappa shape index (κ1) is 22.4. The van der Waals surface area contributed by atoms with E-state index in [9.17, 15) is 18.1 Å². The second-order valence-corrected chi connectivity index (χ2v) is 7.99. The van der Waals surface area contributed by atoms with E-state index in [4.69, 9.17) is 0 Å². The summed E-state index contributed by atoms with van der Waals surface area (Å²) < 4.78 is 42.6. The molecule has 0 heterocycles. The molecule has 0 saturated carbocycles. The molecule has 3 N–H and O–H groups in total. The van der Waals surface area contributed by atoms with Crippen molar-refractivity contribution in [3.8, 4) is 11.5 Å². The van der Waals surface area contributed by atoms with Crippen LogP contribution in [0.5, 0.6) is 11.5 Å². The smallest absolute Gasteiger partial charge is 0.261 e. The fourth-order valence-electron chi connectivity index (χ4n) is 2.14. The third-order valence-electron chi connectivity index (χ3n) is 3.47. The van der Waals surface area contributed by atoms with Crippen LogP contribution in [0.4, 0.5) is 15.9 Å². The van der Waals surface area contributed by atoms with Crippen LogP contribution in [0.25, 0.3) is 0 Å². The maximum atomic E-state index is 12.5. The summed E-state index contributed by atoms with van der Waals surface area (Å²) in [5, 5.41) is 9.28. The highest BCUT2D eigenvalue weighted by Crippen LogP contribution is 2.26. The molecule has 0 aromatic heterocycles. The highest BCUT2D eigenvalue weighted by Gasteiger charge is 2.15. The predicted octanol–water partition coefficient (Wildman–Crippen LogP) is 5.60. The van der Waals surface area contributed by atoms with Crippen LogP contribution in [0, 0.1) is 0 Å². The number of rotatable bonds is 7. The van der Waals surface area contributed by atoms with Gasteiger partial charge in [0.05, 0.1) is 4.90 Å². The van der Waals surface area contributed by atoms with Crippen molar-refractivity contribution in [3.05, 3.63) is 72.8 Å². The average molecular weight is 437 g/mol. The zero-order valence-corrected chi connectivity index (χ0v) is 17.4. The molecule has 0 radical (unpaired) electrons. The Bertz CT molecular complexity index is 1010. The van der Waals surface area contributed by atoms with E-state index in [1.807, 2.05) is 13.8 Å². The maximum absolute atomic E-state index is 12.5. The van der Waals surface area contributed by atoms with Gasteiger partial charge in [-0.15, -0.1) is 0 Å². The van der Waals surface area contributed by atoms with Gasteiger partial charge in [0.1, 0.15) is 5.75 Å². The Morgan fingerprint density at radius 2 is 1.55 bits per heavy atom. The lowest BCUT2D eigenvalue weighted by molar-refractivity contribution is -0.00618. The van der Waals surface area contributed by atoms with E-state index < -0.39 is 10.0 Å². The number of phenols is 1. The summed E-state index contributed by atoms with van der Waals surface area (Å²) in [5.74, 6) is 0.146. The first-order valence-corrected chi connectivity index (χ1v) is 11.0. The second kappa shape index (κ2) is 10.6. The summed E-state index contributed by atoms with van der Waals surface area (Å²) >= 11 is 1.22. The van der Waals surface area contributed by atoms with Crippen molar-refractivity contribution in [2.45, 2.75) is 23.6 Å². The third-order valence-corrected chi connectivity index (χ3v) is 5.67. The van der Waals surface area contributed by atoms with Gasteiger partial charge < -0.3 is 9.83 Å². The van der Waals surface area contributed by atoms with E-state index in [1.54, 1.807) is 24.3 Å². The van der Waals surface area contributed by atoms with Gasteiger partial charge >= 0.3 is 0 Å². The molecule has 6 nitrogen and oxygen atoms in total. The molecule has 0 aliphatic carbocycles. The molecule has 0 fully saturated rings. The monoisotopic (exact) mass is 436 g/mol. The molecule has 0 spiro atoms. The topological polar surface area (TPSA) is 87.7 Å². The van der Waals surface area contributed by atoms with Crippen molar-refractivity contribution < 1.29 is 23.0 Å². The van der Waals surface area contributed by atoms with Crippen LogP contribution >= 0.6 is 11.9 Å². The normalized spacial score (nSPS) is 10.4. The van der Waals surface area contributed by atoms with Crippen molar-refractivity contribution >= 4 is 33.3 Å². The SMILES string of the molecule is CC.O=S(=O)(Nc1ccc(O)cc1)c1cccc(SNc2ccc(OF)cc2)c1. The van der Waals surface area contributed by atoms with Crippen LogP contribution in [-0.2, 0) is 10.0 Å². The maximum Gasteiger partial charge on any atom is 0.261 e. The molecule has 3 rings (SSSR count). The average Bonchev–Trinajstić information content (AvgIpc) is 2.76. The van der Waals surface area contributed by atoms with Gasteiger partial charge in [-0.25, -0.2) is 8.42 Å². The van der Waals surface area contributed by atoms with Gasteiger partial charge in [-0.3, -0.25) is 9.66 Å². The Morgan fingerprint density at radius 1 is 0.931 bits per heavy atom. The van der Waals surface area contributed by atoms with Gasteiger partial charge in [-0.05, 0) is 78.7 Å². The molecule has 0 amide bonds. The van der Waals surface area contributed by atoms with Crippen molar-refractivity contribution in [1.82, 2.24) is 0 Å². The standard InChI is InChI=1S/C18H15FN2O4S2.C2H6/c19-25-16-10-6-13(7-11-16)20-26-17-2-1-3-18(12-17)27(23,24)21-14-4-8-15(22)9-5-14;1-2/h1-12,20-22H;1-2H3. The summed E-state index contributed by atoms with van der Waals surface area (Å²) in [4.78, 5) is 4.39. The lowest BCUT2D eigenvalue weighted by Gasteiger charge is -2.10. The van der Waals surface area contributed by atoms with Crippen LogP contribution in [-0.4, -0.2) is 13.5 Å². The first-order chi connectivity index (χ1) is 14.0. The highest BCUT2D eigenvalue weighted by atomic mass is 32.2. The summed E-state index contributed by atoms with van der Waals surface area (Å²) in [5.41, 5.74) is 1.05. The number of benzene rings is 3. The summed E-state index contributed by atoms with van der Waals surface area (Å²) in [6, 6.07) is 18.3. The van der Waals surface area contributed by atoms with Crippen LogP contribution in [0.1, 0.15) is 13.8 Å². The van der Waals surface area contributed by atoms with Crippen molar-refractivity contribution in [3.63, 3.8) is 0 Å². The van der Waals surface area contributed by atoms with Crippen molar-refractivity contribution in [1.29, 1.82) is 0 Å². The highest BCUT2D eigenvalue weighted by molar-refractivity contribution is 8.00. The minimum atomic E-state index is -3.77. The fourth-order valence-corrected chi connectivity index (χ4v) is 4.02. The van der Waals surface area contributed by atoms with Crippen molar-refractivity contribution in [2.75, 3.05) is 9.44 Å². The Kier molecular flexibility index (Phi) is 8.17. The molecule has 0 aliphatic rings. The summed E-state index contributed by atoms with van der Waals surface area (Å²) in [6.07, 6.45) is 0. The molecular weight excluding hydrogens is 415 g/mol. The van der Waals surface area contributed by atoms with E-state index in [-0.39, 0.29) is 16.4 Å². The van der Waals surface area contributed by atoms with Gasteiger partial charge in [0.15, 0.2) is 5.75 Å². The molecule has 0 saturated heterocycles. The number of hydrogen-bond acceptors (Lipinski definition) is 6. The largest absolute Gasteiger partial charge is 0.508 e. The van der Waals surface area contributed by atoms with Gasteiger partial charge in [0.25, 0.3) is 10.0 Å². The van der Waals surface area contributed by atoms with E-state index in [0.29, 0.717) is 16.3 Å². The number of phenolic OH excluding ortho intramolecular Hbond substituents is 1. The van der Waals surface area contributed by atoms with Gasteiger partial charge in [0, 0.05) is 20.8 Å². The fraction of sp³-hybridized carbons (Fsp3) is 0.100. The lowest BCUT2D eigenvalue weighted by Crippen LogP contribution is -2.12. The lowest BCUT2D eigenvalue weighted by atomic mass is 10.3. The summed E-state index contributed by atoms with van der Waals surface area (Å²) in [7, 11) is -3.77. The summed E-state index contributed by atoms with van der Waals surface area (Å²) in [6.45, 7) is 4.00. The number of nitrogens with one attached hydrogen (secondary N) is 2. The number of aromatic hydroxyl groups is 1. The molecule has 0 unspecified atom stereocenters. The Labute approximate surface area is 173 Å². The van der Waals surface area contributed by atoms with Gasteiger partial charge in [0.2, 0.25) is 0 Å². The zero-order valence-electron chi connectivity index (χ0n) is 15.8. The van der Waals surface area contributed by atoms with Crippen molar-refractivity contribution in [2.24, 2.45) is 0 Å². The molecular formula is C20H21FN2O4S2. The molecule has 3 aromatic rings. The number of sulfonamides is 1. The number of halogens is 1. The third kappa shape index (κ3) is 6.58. The minimum absolute atomic E-state index is 0.0496. The second-order valence-electron chi connectivity index (χ2n) is 5.43. The van der Waals surface area contributed by atoms with Gasteiger partial charge in [-0.2, -0.15) is 0 Å². The first-order valence-electron chi connectivity index (χ1n) is 8.70. The van der Waals surface area contributed by atoms with Crippen LogP contribution < -0.4 is 14.4 Å². The molecule has 9 heteroatoms. The van der Waals surface area contributed by atoms with Crippen LogP contribution in [0.15, 0.2) is 82.6 Å². The Balaban J connectivity index is 0.00000145. The van der Waals surface area contributed by atoms with E-state index >= 15 is 0 Å². The molecule has 0 bridgehead atoms. The van der Waals surface area contributed by atoms with E-state index in [1.165, 1.54) is 60.5 Å². The predicted molar refractivity (Wildman–Crippen MR) is 114 cm³/mol. The zero-order chi connectivity index (χ0) is 21.3. The van der Waals surface area contributed by atoms with Crippen LogP contribution in [0.2, 0.25) is 0 Å². The molecule has 0 aliphatic heterocycles. The molecule has 0 atom stereocenters. The van der Waals surface area contributed by atoms with Gasteiger partial charge in [-0.1, -0.05) is 19.9 Å². The Morgan fingerprint density at radius 3 is 2.17 bits per heavy atom. The van der Waals surface area contributed by atoms with E-state index in [2.05, 4.69) is 14.4 Å². The molecule has 3 aromatic carbocycles.